The molecule has 0 aliphatic heterocycles. The largest absolute Gasteiger partial charge is 0.466 e. The van der Waals surface area contributed by atoms with Gasteiger partial charge in [-0.3, -0.25) is 9.59 Å². The van der Waals surface area contributed by atoms with Gasteiger partial charge in [0.1, 0.15) is 0 Å². The van der Waals surface area contributed by atoms with Crippen LogP contribution in [0.5, 0.6) is 0 Å². The van der Waals surface area contributed by atoms with Crippen LogP contribution in [-0.4, -0.2) is 47.4 Å². The first kappa shape index (κ1) is 61.6. The van der Waals surface area contributed by atoms with E-state index in [1.165, 1.54) is 173 Å². The van der Waals surface area contributed by atoms with Crippen molar-refractivity contribution in [3.63, 3.8) is 0 Å². The highest BCUT2D eigenvalue weighted by molar-refractivity contribution is 5.76. The molecule has 3 N–H and O–H groups in total. The zero-order valence-corrected chi connectivity index (χ0v) is 42.2. The van der Waals surface area contributed by atoms with E-state index in [4.69, 9.17) is 4.74 Å². The normalized spacial score (nSPS) is 13.1. The molecule has 0 rings (SSSR count). The highest BCUT2D eigenvalue weighted by Crippen LogP contribution is 2.14. The minimum atomic E-state index is -0.850. The molecule has 0 spiro atoms. The number of aliphatic hydroxyl groups excluding tert-OH is 2. The average molecular weight is 896 g/mol. The number of hydrogen-bond acceptors (Lipinski definition) is 5. The van der Waals surface area contributed by atoms with Crippen molar-refractivity contribution in [2.75, 3.05) is 13.2 Å². The molecule has 0 bridgehead atoms. The van der Waals surface area contributed by atoms with Gasteiger partial charge in [-0.15, -0.1) is 0 Å². The van der Waals surface area contributed by atoms with Crippen LogP contribution in [0.2, 0.25) is 0 Å². The number of unbranched alkanes of at least 4 members (excludes halogenated alkanes) is 31. The van der Waals surface area contributed by atoms with Gasteiger partial charge < -0.3 is 20.3 Å². The number of hydrogen-bond donors (Lipinski definition) is 3. The third kappa shape index (κ3) is 49.0. The van der Waals surface area contributed by atoms with E-state index in [1.807, 2.05) is 6.08 Å². The number of amides is 1. The van der Waals surface area contributed by atoms with Crippen molar-refractivity contribution in [3.05, 3.63) is 60.8 Å². The van der Waals surface area contributed by atoms with Crippen LogP contribution >= 0.6 is 0 Å². The third-order valence-electron chi connectivity index (χ3n) is 12.3. The number of allylic oxidation sites excluding steroid dienone is 9. The Morgan fingerprint density at radius 3 is 1.23 bits per heavy atom. The van der Waals surface area contributed by atoms with E-state index in [2.05, 4.69) is 67.8 Å². The van der Waals surface area contributed by atoms with Crippen molar-refractivity contribution in [1.82, 2.24) is 5.32 Å². The zero-order chi connectivity index (χ0) is 46.5. The van der Waals surface area contributed by atoms with Crippen LogP contribution in [0.1, 0.15) is 271 Å². The first-order chi connectivity index (χ1) is 31.5. The van der Waals surface area contributed by atoms with Gasteiger partial charge in [-0.1, -0.05) is 229 Å². The smallest absolute Gasteiger partial charge is 0.305 e. The number of carbonyl (C=O) groups excluding carboxylic acids is 2. The summed E-state index contributed by atoms with van der Waals surface area (Å²) in [5.41, 5.74) is 0. The number of aliphatic hydroxyl groups is 2. The maximum atomic E-state index is 12.4. The highest BCUT2D eigenvalue weighted by atomic mass is 16.5. The highest BCUT2D eigenvalue weighted by Gasteiger charge is 2.18. The Labute approximate surface area is 397 Å². The first-order valence-electron chi connectivity index (χ1n) is 27.6. The minimum absolute atomic E-state index is 0.00931. The molecule has 6 heteroatoms. The zero-order valence-electron chi connectivity index (χ0n) is 42.2. The van der Waals surface area contributed by atoms with Crippen LogP contribution in [0.15, 0.2) is 60.8 Å². The Bertz CT molecular complexity index is 1130. The predicted octanol–water partition coefficient (Wildman–Crippen LogP) is 16.8. The Hall–Kier alpha value is -2.44. The Morgan fingerprint density at radius 1 is 0.438 bits per heavy atom. The Morgan fingerprint density at radius 2 is 0.797 bits per heavy atom. The van der Waals surface area contributed by atoms with E-state index in [0.717, 1.165) is 70.6 Å². The van der Waals surface area contributed by atoms with Crippen molar-refractivity contribution < 1.29 is 24.5 Å². The van der Waals surface area contributed by atoms with Crippen LogP contribution < -0.4 is 5.32 Å². The number of esters is 1. The summed E-state index contributed by atoms with van der Waals surface area (Å²) in [5, 5.41) is 22.9. The van der Waals surface area contributed by atoms with Gasteiger partial charge in [-0.05, 0) is 89.9 Å². The maximum absolute atomic E-state index is 12.4. The van der Waals surface area contributed by atoms with Gasteiger partial charge in [0.15, 0.2) is 0 Å². The van der Waals surface area contributed by atoms with E-state index in [1.54, 1.807) is 6.08 Å². The molecule has 2 unspecified atom stereocenters. The topological polar surface area (TPSA) is 95.9 Å². The Balaban J connectivity index is 3.47. The number of rotatable bonds is 50. The monoisotopic (exact) mass is 896 g/mol. The summed E-state index contributed by atoms with van der Waals surface area (Å²) in [7, 11) is 0. The molecule has 0 saturated heterocycles. The van der Waals surface area contributed by atoms with E-state index < -0.39 is 12.1 Å². The molecule has 0 aliphatic rings. The van der Waals surface area contributed by atoms with Crippen LogP contribution in [-0.2, 0) is 14.3 Å². The van der Waals surface area contributed by atoms with Gasteiger partial charge in [0.25, 0.3) is 0 Å². The molecule has 372 valence electrons. The number of carbonyl (C=O) groups is 2. The van der Waals surface area contributed by atoms with Gasteiger partial charge in [0.2, 0.25) is 5.91 Å². The molecule has 0 aromatic heterocycles. The second kappa shape index (κ2) is 53.2. The maximum Gasteiger partial charge on any atom is 0.305 e. The van der Waals surface area contributed by atoms with Gasteiger partial charge >= 0.3 is 5.97 Å². The van der Waals surface area contributed by atoms with Gasteiger partial charge in [0.05, 0.1) is 25.4 Å². The molecule has 1 amide bonds. The van der Waals surface area contributed by atoms with Crippen molar-refractivity contribution in [3.8, 4) is 0 Å². The van der Waals surface area contributed by atoms with Crippen molar-refractivity contribution in [2.45, 2.75) is 283 Å². The Kier molecular flexibility index (Phi) is 51.2. The summed E-state index contributed by atoms with van der Waals surface area (Å²) >= 11 is 0. The lowest BCUT2D eigenvalue weighted by Gasteiger charge is -2.20. The molecule has 6 nitrogen and oxygen atoms in total. The van der Waals surface area contributed by atoms with Crippen LogP contribution in [0.25, 0.3) is 0 Å². The SMILES string of the molecule is CCCC/C=C\C/C=C\CCCCCCCC(=O)OCCCCCCCCCCC/C=C\C/C=C\CCCCCCCCCC(=O)NC(CO)C(O)/C=C/CCCCCCCCCC. The second-order valence-corrected chi connectivity index (χ2v) is 18.5. The van der Waals surface area contributed by atoms with Crippen LogP contribution in [0, 0.1) is 0 Å². The lowest BCUT2D eigenvalue weighted by molar-refractivity contribution is -0.143. The fraction of sp³-hybridized carbons (Fsp3) is 0.793. The molecule has 64 heavy (non-hydrogen) atoms. The van der Waals surface area contributed by atoms with Gasteiger partial charge in [-0.25, -0.2) is 0 Å². The predicted molar refractivity (Wildman–Crippen MR) is 278 cm³/mol. The number of nitrogens with one attached hydrogen (secondary N) is 1. The van der Waals surface area contributed by atoms with Crippen molar-refractivity contribution >= 4 is 11.9 Å². The third-order valence-corrected chi connectivity index (χ3v) is 12.3. The molecule has 0 aliphatic carbocycles. The summed E-state index contributed by atoms with van der Waals surface area (Å²) in [5.74, 6) is -0.0913. The lowest BCUT2D eigenvalue weighted by atomic mass is 10.1. The fourth-order valence-corrected chi connectivity index (χ4v) is 7.97. The summed E-state index contributed by atoms with van der Waals surface area (Å²) in [4.78, 5) is 24.4. The quantitative estimate of drug-likeness (QED) is 0.0321. The minimum Gasteiger partial charge on any atom is -0.466 e. The first-order valence-corrected chi connectivity index (χ1v) is 27.6. The van der Waals surface area contributed by atoms with Crippen molar-refractivity contribution in [2.24, 2.45) is 0 Å². The van der Waals surface area contributed by atoms with Crippen molar-refractivity contribution in [1.29, 1.82) is 0 Å². The summed E-state index contributed by atoms with van der Waals surface area (Å²) in [6, 6.07) is -0.635. The van der Waals surface area contributed by atoms with E-state index >= 15 is 0 Å². The molecule has 0 saturated carbocycles. The average Bonchev–Trinajstić information content (AvgIpc) is 3.29. The molecule has 0 aromatic carbocycles. The van der Waals surface area contributed by atoms with E-state index in [-0.39, 0.29) is 18.5 Å². The molecule has 2 atom stereocenters. The molecule has 0 heterocycles. The molecule has 0 aromatic rings. The second-order valence-electron chi connectivity index (χ2n) is 18.5. The summed E-state index contributed by atoms with van der Waals surface area (Å²) in [6.07, 6.45) is 68.1. The molecule has 0 radical (unpaired) electrons. The number of ether oxygens (including phenoxy) is 1. The van der Waals surface area contributed by atoms with Crippen LogP contribution in [0.4, 0.5) is 0 Å². The fourth-order valence-electron chi connectivity index (χ4n) is 7.97. The molecular formula is C58H105NO5. The lowest BCUT2D eigenvalue weighted by Crippen LogP contribution is -2.45. The van der Waals surface area contributed by atoms with Gasteiger partial charge in [0, 0.05) is 12.8 Å². The van der Waals surface area contributed by atoms with Gasteiger partial charge in [-0.2, -0.15) is 0 Å². The summed E-state index contributed by atoms with van der Waals surface area (Å²) < 4.78 is 5.46. The van der Waals surface area contributed by atoms with E-state index in [0.29, 0.717) is 19.4 Å². The van der Waals surface area contributed by atoms with Crippen LogP contribution in [0.3, 0.4) is 0 Å². The molecular weight excluding hydrogens is 791 g/mol. The molecule has 0 fully saturated rings. The standard InChI is InChI=1S/C58H105NO5/c1-3-5-7-9-11-13-15-16-29-32-36-40-44-48-52-58(63)64-53-49-45-41-37-33-30-27-25-23-21-19-17-18-20-22-24-26-28-31-35-39-43-47-51-57(62)59-55(54-60)56(61)50-46-42-38-34-14-12-10-8-6-4-2/h9,11,15-17,19-20,22,46,50,55-56,60-61H,3-8,10,12-14,18,21,23-45,47-49,51-54H2,1-2H3,(H,59,62)/b11-9-,16-15-,19-17-,22-20-,50-46+. The summed E-state index contributed by atoms with van der Waals surface area (Å²) in [6.45, 7) is 4.82. The van der Waals surface area contributed by atoms with E-state index in [9.17, 15) is 19.8 Å².